The lowest BCUT2D eigenvalue weighted by molar-refractivity contribution is -0.141. The van der Waals surface area contributed by atoms with Crippen LogP contribution in [0.2, 0.25) is 0 Å². The first kappa shape index (κ1) is 20.1. The van der Waals surface area contributed by atoms with E-state index in [1.165, 1.54) is 18.5 Å². The fourth-order valence-electron chi connectivity index (χ4n) is 2.62. The highest BCUT2D eigenvalue weighted by Gasteiger charge is 2.30. The molecule has 0 radical (unpaired) electrons. The smallest absolute Gasteiger partial charge is 0.326 e. The van der Waals surface area contributed by atoms with E-state index in [9.17, 15) is 19.5 Å². The number of nitrogens with zero attached hydrogens (tertiary/aromatic N) is 4. The van der Waals surface area contributed by atoms with Crippen molar-refractivity contribution >= 4 is 17.8 Å². The quantitative estimate of drug-likeness (QED) is 0.746. The van der Waals surface area contributed by atoms with Crippen LogP contribution in [0.15, 0.2) is 24.3 Å². The van der Waals surface area contributed by atoms with Crippen molar-refractivity contribution in [2.45, 2.75) is 33.7 Å². The highest BCUT2D eigenvalue weighted by molar-refractivity contribution is 5.95. The topological polar surface area (TPSA) is 117 Å². The summed E-state index contributed by atoms with van der Waals surface area (Å²) in [5, 5.41) is 19.9. The van der Waals surface area contributed by atoms with Crippen LogP contribution in [0.25, 0.3) is 5.69 Å². The maximum atomic E-state index is 12.9. The van der Waals surface area contributed by atoms with Gasteiger partial charge in [-0.2, -0.15) is 0 Å². The SMILES string of the molecule is CC(=O)NCCN(C(=O)c1nnn(-c2cccc(C)c2)c1C)C(C)C(=O)O. The first-order valence-corrected chi connectivity index (χ1v) is 8.50. The molecule has 0 saturated heterocycles. The van der Waals surface area contributed by atoms with E-state index in [1.54, 1.807) is 6.92 Å². The first-order chi connectivity index (χ1) is 12.7. The van der Waals surface area contributed by atoms with Crippen molar-refractivity contribution < 1.29 is 19.5 Å². The number of carbonyl (C=O) groups excluding carboxylic acids is 2. The Kier molecular flexibility index (Phi) is 6.27. The summed E-state index contributed by atoms with van der Waals surface area (Å²) in [7, 11) is 0. The number of benzene rings is 1. The predicted molar refractivity (Wildman–Crippen MR) is 97.7 cm³/mol. The van der Waals surface area contributed by atoms with Crippen LogP contribution >= 0.6 is 0 Å². The maximum Gasteiger partial charge on any atom is 0.326 e. The Morgan fingerprint density at radius 2 is 2.00 bits per heavy atom. The molecular formula is C18H23N5O4. The van der Waals surface area contributed by atoms with E-state index >= 15 is 0 Å². The van der Waals surface area contributed by atoms with Crippen LogP contribution in [0.1, 0.15) is 35.6 Å². The van der Waals surface area contributed by atoms with Gasteiger partial charge in [-0.05, 0) is 38.5 Å². The first-order valence-electron chi connectivity index (χ1n) is 8.50. The Bertz CT molecular complexity index is 861. The summed E-state index contributed by atoms with van der Waals surface area (Å²) < 4.78 is 1.54. The second kappa shape index (κ2) is 8.43. The number of nitrogens with one attached hydrogen (secondary N) is 1. The van der Waals surface area contributed by atoms with Crippen LogP contribution in [-0.4, -0.2) is 61.9 Å². The number of aliphatic carboxylic acids is 1. The van der Waals surface area contributed by atoms with Gasteiger partial charge < -0.3 is 15.3 Å². The molecule has 1 atom stereocenters. The number of aryl methyl sites for hydroxylation is 1. The Labute approximate surface area is 157 Å². The third-order valence-electron chi connectivity index (χ3n) is 4.16. The predicted octanol–water partition coefficient (Wildman–Crippen LogP) is 0.936. The van der Waals surface area contributed by atoms with Crippen LogP contribution in [0.3, 0.4) is 0 Å². The van der Waals surface area contributed by atoms with Gasteiger partial charge in [-0.3, -0.25) is 9.59 Å². The normalized spacial score (nSPS) is 11.7. The van der Waals surface area contributed by atoms with Gasteiger partial charge >= 0.3 is 5.97 Å². The lowest BCUT2D eigenvalue weighted by Crippen LogP contribution is -2.47. The molecule has 2 aromatic rings. The Morgan fingerprint density at radius 1 is 1.30 bits per heavy atom. The van der Waals surface area contributed by atoms with E-state index in [2.05, 4.69) is 15.6 Å². The molecular weight excluding hydrogens is 350 g/mol. The zero-order valence-corrected chi connectivity index (χ0v) is 15.8. The maximum absolute atomic E-state index is 12.9. The second-order valence-electron chi connectivity index (χ2n) is 6.27. The van der Waals surface area contributed by atoms with E-state index in [-0.39, 0.29) is 24.7 Å². The van der Waals surface area contributed by atoms with Crippen LogP contribution < -0.4 is 5.32 Å². The molecule has 0 bridgehead atoms. The highest BCUT2D eigenvalue weighted by atomic mass is 16.4. The molecule has 1 heterocycles. The van der Waals surface area contributed by atoms with Crippen LogP contribution in [0.4, 0.5) is 0 Å². The highest BCUT2D eigenvalue weighted by Crippen LogP contribution is 2.16. The minimum Gasteiger partial charge on any atom is -0.480 e. The van der Waals surface area contributed by atoms with Crippen LogP contribution in [-0.2, 0) is 9.59 Å². The number of hydrogen-bond donors (Lipinski definition) is 2. The molecule has 0 aliphatic heterocycles. The van der Waals surface area contributed by atoms with Gasteiger partial charge in [0.05, 0.1) is 11.4 Å². The second-order valence-corrected chi connectivity index (χ2v) is 6.27. The van der Waals surface area contributed by atoms with Gasteiger partial charge in [-0.25, -0.2) is 9.48 Å². The van der Waals surface area contributed by atoms with E-state index in [0.717, 1.165) is 16.2 Å². The van der Waals surface area contributed by atoms with Crippen LogP contribution in [0.5, 0.6) is 0 Å². The van der Waals surface area contributed by atoms with Gasteiger partial charge in [0.25, 0.3) is 5.91 Å². The molecule has 0 aliphatic rings. The zero-order valence-electron chi connectivity index (χ0n) is 15.8. The van der Waals surface area contributed by atoms with Gasteiger partial charge in [-0.1, -0.05) is 17.3 Å². The summed E-state index contributed by atoms with van der Waals surface area (Å²) in [4.78, 5) is 36.5. The van der Waals surface area contributed by atoms with Gasteiger partial charge in [0.2, 0.25) is 5.91 Å². The Morgan fingerprint density at radius 3 is 2.59 bits per heavy atom. The molecule has 2 amide bonds. The van der Waals surface area contributed by atoms with Crippen molar-refractivity contribution in [2.75, 3.05) is 13.1 Å². The van der Waals surface area contributed by atoms with Crippen molar-refractivity contribution in [3.05, 3.63) is 41.2 Å². The molecule has 1 unspecified atom stereocenters. The lowest BCUT2D eigenvalue weighted by Gasteiger charge is -2.26. The van der Waals surface area contributed by atoms with Crippen molar-refractivity contribution in [3.63, 3.8) is 0 Å². The molecule has 27 heavy (non-hydrogen) atoms. The molecule has 2 N–H and O–H groups in total. The summed E-state index contributed by atoms with van der Waals surface area (Å²) in [5.41, 5.74) is 2.38. The number of carboxylic acids is 1. The van der Waals surface area contributed by atoms with Gasteiger partial charge in [0.15, 0.2) is 5.69 Å². The fourth-order valence-corrected chi connectivity index (χ4v) is 2.62. The molecule has 1 aromatic carbocycles. The zero-order chi connectivity index (χ0) is 20.1. The van der Waals surface area contributed by atoms with Crippen LogP contribution in [0, 0.1) is 13.8 Å². The van der Waals surface area contributed by atoms with E-state index < -0.39 is 17.9 Å². The molecule has 1 aromatic heterocycles. The van der Waals surface area contributed by atoms with E-state index in [1.807, 2.05) is 31.2 Å². The van der Waals surface area contributed by atoms with E-state index in [0.29, 0.717) is 5.69 Å². The molecule has 2 rings (SSSR count). The number of hydrogen-bond acceptors (Lipinski definition) is 5. The summed E-state index contributed by atoms with van der Waals surface area (Å²) >= 11 is 0. The monoisotopic (exact) mass is 373 g/mol. The summed E-state index contributed by atoms with van der Waals surface area (Å²) in [5.74, 6) is -1.95. The molecule has 0 aliphatic carbocycles. The third kappa shape index (κ3) is 4.69. The number of carbonyl (C=O) groups is 3. The van der Waals surface area contributed by atoms with E-state index in [4.69, 9.17) is 0 Å². The minimum absolute atomic E-state index is 0.0443. The number of carboxylic acid groups (broad SMARTS) is 1. The molecule has 9 nitrogen and oxygen atoms in total. The van der Waals surface area contributed by atoms with Crippen molar-refractivity contribution in [1.29, 1.82) is 0 Å². The molecule has 0 fully saturated rings. The number of amides is 2. The molecule has 144 valence electrons. The third-order valence-corrected chi connectivity index (χ3v) is 4.16. The van der Waals surface area contributed by atoms with Gasteiger partial charge in [0.1, 0.15) is 6.04 Å². The van der Waals surface area contributed by atoms with Crippen molar-refractivity contribution in [2.24, 2.45) is 0 Å². The van der Waals surface area contributed by atoms with Crippen molar-refractivity contribution in [3.8, 4) is 5.69 Å². The largest absolute Gasteiger partial charge is 0.480 e. The number of aromatic nitrogens is 3. The molecule has 0 saturated carbocycles. The average molecular weight is 373 g/mol. The molecule has 9 heteroatoms. The van der Waals surface area contributed by atoms with Crippen molar-refractivity contribution in [1.82, 2.24) is 25.2 Å². The summed E-state index contributed by atoms with van der Waals surface area (Å²) in [6, 6.07) is 6.50. The lowest BCUT2D eigenvalue weighted by atomic mass is 10.2. The summed E-state index contributed by atoms with van der Waals surface area (Å²) in [6.07, 6.45) is 0. The summed E-state index contributed by atoms with van der Waals surface area (Å²) in [6.45, 7) is 6.60. The van der Waals surface area contributed by atoms with Gasteiger partial charge in [-0.15, -0.1) is 5.10 Å². The Hall–Kier alpha value is -3.23. The van der Waals surface area contributed by atoms with Gasteiger partial charge in [0, 0.05) is 20.0 Å². The standard InChI is InChI=1S/C18H23N5O4/c1-11-6-5-7-15(10-11)23-12(2)16(20-21-23)17(25)22(13(3)18(26)27)9-8-19-14(4)24/h5-7,10,13H,8-9H2,1-4H3,(H,19,24)(H,26,27). The number of rotatable bonds is 7. The Balaban J connectivity index is 2.31. The average Bonchev–Trinajstić information content (AvgIpc) is 2.99. The fraction of sp³-hybridized carbons (Fsp3) is 0.389. The minimum atomic E-state index is -1.14. The molecule has 0 spiro atoms.